The zero-order chi connectivity index (χ0) is 13.2. The van der Waals surface area contributed by atoms with Crippen molar-refractivity contribution in [3.8, 4) is 0 Å². The summed E-state index contributed by atoms with van der Waals surface area (Å²) in [6.45, 7) is 7.96. The molecule has 0 bridgehead atoms. The number of nitrogens with one attached hydrogen (secondary N) is 1. The minimum Gasteiger partial charge on any atom is -0.313 e. The van der Waals surface area contributed by atoms with E-state index >= 15 is 0 Å². The molecule has 1 aliphatic carbocycles. The average molecular weight is 249 g/mol. The molecule has 0 heterocycles. The molecule has 0 aliphatic heterocycles. The van der Waals surface area contributed by atoms with Gasteiger partial charge in [-0.25, -0.2) is 4.39 Å². The largest absolute Gasteiger partial charge is 0.313 e. The Labute approximate surface area is 110 Å². The molecule has 0 aromatic heterocycles. The molecule has 100 valence electrons. The molecule has 0 amide bonds. The minimum atomic E-state index is -0.136. The minimum absolute atomic E-state index is 0.136. The van der Waals surface area contributed by atoms with Gasteiger partial charge in [0.25, 0.3) is 0 Å². The van der Waals surface area contributed by atoms with Gasteiger partial charge in [0.1, 0.15) is 5.82 Å². The molecule has 0 radical (unpaired) electrons. The SMILES string of the molecule is CC1CC(C)(C)CC1NCCc1cccc(F)c1. The quantitative estimate of drug-likeness (QED) is 0.856. The Morgan fingerprint density at radius 3 is 2.72 bits per heavy atom. The highest BCUT2D eigenvalue weighted by Gasteiger charge is 2.35. The van der Waals surface area contributed by atoms with Gasteiger partial charge >= 0.3 is 0 Å². The van der Waals surface area contributed by atoms with Crippen LogP contribution in [0.1, 0.15) is 39.2 Å². The summed E-state index contributed by atoms with van der Waals surface area (Å²) < 4.78 is 13.0. The topological polar surface area (TPSA) is 12.0 Å². The van der Waals surface area contributed by atoms with E-state index in [1.807, 2.05) is 6.07 Å². The van der Waals surface area contributed by atoms with E-state index in [9.17, 15) is 4.39 Å². The first kappa shape index (κ1) is 13.5. The summed E-state index contributed by atoms with van der Waals surface area (Å²) in [5, 5.41) is 3.63. The van der Waals surface area contributed by atoms with Crippen LogP contribution in [0.3, 0.4) is 0 Å². The summed E-state index contributed by atoms with van der Waals surface area (Å²) in [5.74, 6) is 0.607. The summed E-state index contributed by atoms with van der Waals surface area (Å²) in [5.41, 5.74) is 1.54. The van der Waals surface area contributed by atoms with Crippen molar-refractivity contribution in [2.24, 2.45) is 11.3 Å². The molecule has 0 saturated heterocycles. The van der Waals surface area contributed by atoms with Crippen molar-refractivity contribution >= 4 is 0 Å². The Morgan fingerprint density at radius 2 is 2.11 bits per heavy atom. The lowest BCUT2D eigenvalue weighted by atomic mass is 9.91. The predicted octanol–water partition coefficient (Wildman–Crippen LogP) is 3.78. The van der Waals surface area contributed by atoms with Crippen molar-refractivity contribution in [2.45, 2.75) is 46.1 Å². The molecule has 2 rings (SSSR count). The molecule has 2 heteroatoms. The Hall–Kier alpha value is -0.890. The van der Waals surface area contributed by atoms with Crippen LogP contribution in [0, 0.1) is 17.2 Å². The second kappa shape index (κ2) is 5.40. The van der Waals surface area contributed by atoms with E-state index in [4.69, 9.17) is 0 Å². The second-order valence-corrected chi connectivity index (χ2v) is 6.49. The van der Waals surface area contributed by atoms with Gasteiger partial charge in [0.2, 0.25) is 0 Å². The standard InChI is InChI=1S/C16H24FN/c1-12-10-16(2,3)11-15(12)18-8-7-13-5-4-6-14(17)9-13/h4-6,9,12,15,18H,7-8,10-11H2,1-3H3. The van der Waals surface area contributed by atoms with Crippen LogP contribution in [0.2, 0.25) is 0 Å². The van der Waals surface area contributed by atoms with Crippen molar-refractivity contribution in [3.05, 3.63) is 35.6 Å². The third kappa shape index (κ3) is 3.55. The van der Waals surface area contributed by atoms with Gasteiger partial charge < -0.3 is 5.32 Å². The van der Waals surface area contributed by atoms with Crippen LogP contribution in [-0.4, -0.2) is 12.6 Å². The van der Waals surface area contributed by atoms with Gasteiger partial charge in [-0.05, 0) is 54.8 Å². The Bertz CT molecular complexity index is 400. The molecule has 0 spiro atoms. The van der Waals surface area contributed by atoms with Crippen molar-refractivity contribution in [1.82, 2.24) is 5.32 Å². The average Bonchev–Trinajstić information content (AvgIpc) is 2.52. The van der Waals surface area contributed by atoms with Crippen molar-refractivity contribution < 1.29 is 4.39 Å². The maximum atomic E-state index is 13.0. The monoisotopic (exact) mass is 249 g/mol. The third-order valence-corrected chi connectivity index (χ3v) is 4.04. The molecule has 2 atom stereocenters. The molecule has 1 aromatic carbocycles. The lowest BCUT2D eigenvalue weighted by Crippen LogP contribution is -2.33. The van der Waals surface area contributed by atoms with E-state index in [1.165, 1.54) is 18.9 Å². The van der Waals surface area contributed by atoms with Crippen LogP contribution in [0.5, 0.6) is 0 Å². The molecule has 1 nitrogen and oxygen atoms in total. The van der Waals surface area contributed by atoms with Gasteiger partial charge in [-0.1, -0.05) is 32.9 Å². The summed E-state index contributed by atoms with van der Waals surface area (Å²) in [6, 6.07) is 7.52. The molecule has 1 aliphatic rings. The number of hydrogen-bond acceptors (Lipinski definition) is 1. The van der Waals surface area contributed by atoms with Crippen molar-refractivity contribution in [2.75, 3.05) is 6.54 Å². The van der Waals surface area contributed by atoms with Crippen molar-refractivity contribution in [1.29, 1.82) is 0 Å². The molecule has 2 unspecified atom stereocenters. The lowest BCUT2D eigenvalue weighted by molar-refractivity contribution is 0.362. The van der Waals surface area contributed by atoms with E-state index in [0.717, 1.165) is 24.4 Å². The number of hydrogen-bond donors (Lipinski definition) is 1. The van der Waals surface area contributed by atoms with E-state index in [-0.39, 0.29) is 5.82 Å². The molecule has 1 fully saturated rings. The van der Waals surface area contributed by atoms with E-state index in [0.29, 0.717) is 11.5 Å². The van der Waals surface area contributed by atoms with E-state index < -0.39 is 0 Å². The van der Waals surface area contributed by atoms with Crippen LogP contribution in [0.25, 0.3) is 0 Å². The molecule has 1 aromatic rings. The van der Waals surface area contributed by atoms with E-state index in [2.05, 4.69) is 26.1 Å². The first-order valence-electron chi connectivity index (χ1n) is 6.94. The smallest absolute Gasteiger partial charge is 0.123 e. The first-order valence-corrected chi connectivity index (χ1v) is 6.94. The maximum absolute atomic E-state index is 13.0. The highest BCUT2D eigenvalue weighted by Crippen LogP contribution is 2.40. The van der Waals surface area contributed by atoms with Crippen LogP contribution >= 0.6 is 0 Å². The molecular weight excluding hydrogens is 225 g/mol. The molecular formula is C16H24FN. The van der Waals surface area contributed by atoms with E-state index in [1.54, 1.807) is 12.1 Å². The summed E-state index contributed by atoms with van der Waals surface area (Å²) in [7, 11) is 0. The summed E-state index contributed by atoms with van der Waals surface area (Å²) in [4.78, 5) is 0. The Kier molecular flexibility index (Phi) is 4.06. The van der Waals surface area contributed by atoms with Crippen LogP contribution < -0.4 is 5.32 Å². The zero-order valence-electron chi connectivity index (χ0n) is 11.7. The summed E-state index contributed by atoms with van der Waals surface area (Å²) in [6.07, 6.45) is 3.45. The number of halogens is 1. The van der Waals surface area contributed by atoms with Gasteiger partial charge in [0.15, 0.2) is 0 Å². The molecule has 1 N–H and O–H groups in total. The highest BCUT2D eigenvalue weighted by atomic mass is 19.1. The van der Waals surface area contributed by atoms with Crippen LogP contribution in [-0.2, 0) is 6.42 Å². The van der Waals surface area contributed by atoms with Gasteiger partial charge in [0, 0.05) is 6.04 Å². The van der Waals surface area contributed by atoms with Gasteiger partial charge in [0.05, 0.1) is 0 Å². The number of rotatable bonds is 4. The van der Waals surface area contributed by atoms with Crippen LogP contribution in [0.4, 0.5) is 4.39 Å². The van der Waals surface area contributed by atoms with Gasteiger partial charge in [-0.15, -0.1) is 0 Å². The van der Waals surface area contributed by atoms with Gasteiger partial charge in [-0.2, -0.15) is 0 Å². The lowest BCUT2D eigenvalue weighted by Gasteiger charge is -2.18. The molecule has 1 saturated carbocycles. The predicted molar refractivity (Wildman–Crippen MR) is 74.1 cm³/mol. The molecule has 18 heavy (non-hydrogen) atoms. The Morgan fingerprint density at radius 1 is 1.33 bits per heavy atom. The highest BCUT2D eigenvalue weighted by molar-refractivity contribution is 5.16. The summed E-state index contributed by atoms with van der Waals surface area (Å²) >= 11 is 0. The van der Waals surface area contributed by atoms with Crippen LogP contribution in [0.15, 0.2) is 24.3 Å². The Balaban J connectivity index is 1.79. The zero-order valence-corrected chi connectivity index (χ0v) is 11.7. The number of benzene rings is 1. The third-order valence-electron chi connectivity index (χ3n) is 4.04. The maximum Gasteiger partial charge on any atom is 0.123 e. The normalized spacial score (nSPS) is 26.4. The fourth-order valence-electron chi connectivity index (χ4n) is 3.26. The second-order valence-electron chi connectivity index (χ2n) is 6.49. The fraction of sp³-hybridized carbons (Fsp3) is 0.625. The first-order chi connectivity index (χ1) is 8.46. The van der Waals surface area contributed by atoms with Crippen molar-refractivity contribution in [3.63, 3.8) is 0 Å². The fourth-order valence-corrected chi connectivity index (χ4v) is 3.26. The van der Waals surface area contributed by atoms with Gasteiger partial charge in [-0.3, -0.25) is 0 Å².